The van der Waals surface area contributed by atoms with Crippen molar-refractivity contribution in [2.75, 3.05) is 16.8 Å². The molecule has 3 amide bonds. The summed E-state index contributed by atoms with van der Waals surface area (Å²) in [6.07, 6.45) is 10.6. The van der Waals surface area contributed by atoms with Crippen LogP contribution in [0.25, 0.3) is 0 Å². The third kappa shape index (κ3) is 5.06. The molecule has 3 heterocycles. The van der Waals surface area contributed by atoms with E-state index in [0.29, 0.717) is 30.6 Å². The van der Waals surface area contributed by atoms with E-state index in [1.165, 1.54) is 19.3 Å². The normalized spacial score (nSPS) is 25.6. The maximum Gasteiger partial charge on any atom is 0.255 e. The van der Waals surface area contributed by atoms with Gasteiger partial charge in [-0.1, -0.05) is 25.0 Å². The number of carbonyl (C=O) groups excluding carboxylic acids is 3. The lowest BCUT2D eigenvalue weighted by atomic mass is 9.89. The number of hydrogen-bond donors (Lipinski definition) is 2. The second kappa shape index (κ2) is 10.1. The minimum Gasteiger partial charge on any atom is -0.368 e. The van der Waals surface area contributed by atoms with Crippen LogP contribution in [0.3, 0.4) is 0 Å². The smallest absolute Gasteiger partial charge is 0.255 e. The first-order chi connectivity index (χ1) is 18.1. The highest BCUT2D eigenvalue weighted by molar-refractivity contribution is 6.06. The van der Waals surface area contributed by atoms with E-state index in [4.69, 9.17) is 0 Å². The zero-order valence-corrected chi connectivity index (χ0v) is 21.2. The fourth-order valence-corrected chi connectivity index (χ4v) is 6.26. The summed E-state index contributed by atoms with van der Waals surface area (Å²) in [6, 6.07) is 12.3. The van der Waals surface area contributed by atoms with Gasteiger partial charge in [-0.25, -0.2) is 4.98 Å². The number of anilines is 2. The Balaban J connectivity index is 1.20. The molecule has 1 atom stereocenters. The zero-order valence-electron chi connectivity index (χ0n) is 21.2. The number of aromatic nitrogens is 1. The summed E-state index contributed by atoms with van der Waals surface area (Å²) < 4.78 is 0. The minimum atomic E-state index is -0.585. The van der Waals surface area contributed by atoms with Crippen LogP contribution in [0.2, 0.25) is 0 Å². The lowest BCUT2D eigenvalue weighted by molar-refractivity contribution is -0.136. The van der Waals surface area contributed by atoms with Crippen LogP contribution >= 0.6 is 0 Å². The molecule has 2 saturated carbocycles. The van der Waals surface area contributed by atoms with Crippen molar-refractivity contribution >= 4 is 29.2 Å². The second-order valence-corrected chi connectivity index (χ2v) is 11.0. The van der Waals surface area contributed by atoms with E-state index in [2.05, 4.69) is 26.6 Å². The van der Waals surface area contributed by atoms with Crippen molar-refractivity contribution in [3.05, 3.63) is 53.7 Å². The van der Waals surface area contributed by atoms with Crippen molar-refractivity contribution in [3.63, 3.8) is 0 Å². The topological polar surface area (TPSA) is 94.6 Å². The lowest BCUT2D eigenvalue weighted by Gasteiger charge is -2.40. The number of fused-ring (bicyclic) bond motifs is 1. The summed E-state index contributed by atoms with van der Waals surface area (Å²) in [5.41, 5.74) is 2.87. The number of amides is 3. The molecule has 3 fully saturated rings. The first-order valence-corrected chi connectivity index (χ1v) is 13.8. The van der Waals surface area contributed by atoms with E-state index in [-0.39, 0.29) is 24.1 Å². The van der Waals surface area contributed by atoms with Gasteiger partial charge in [0.15, 0.2) is 0 Å². The second-order valence-electron chi connectivity index (χ2n) is 11.0. The van der Waals surface area contributed by atoms with E-state index in [9.17, 15) is 14.4 Å². The molecule has 4 aliphatic rings. The Morgan fingerprint density at radius 3 is 2.54 bits per heavy atom. The fraction of sp³-hybridized carbons (Fsp3) is 0.517. The molecular weight excluding hydrogens is 466 g/mol. The maximum absolute atomic E-state index is 13.4. The number of nitrogens with zero attached hydrogens (tertiary/aromatic N) is 3. The predicted molar refractivity (Wildman–Crippen MR) is 141 cm³/mol. The fourth-order valence-electron chi connectivity index (χ4n) is 6.26. The van der Waals surface area contributed by atoms with Crippen molar-refractivity contribution in [3.8, 4) is 0 Å². The number of piperidine rings is 1. The van der Waals surface area contributed by atoms with Crippen molar-refractivity contribution in [2.24, 2.45) is 5.92 Å². The third-order valence-corrected chi connectivity index (χ3v) is 8.50. The Morgan fingerprint density at radius 2 is 1.81 bits per heavy atom. The Kier molecular flexibility index (Phi) is 6.57. The number of rotatable bonds is 8. The number of carbonyl (C=O) groups is 3. The van der Waals surface area contributed by atoms with Gasteiger partial charge >= 0.3 is 0 Å². The molecule has 0 spiro atoms. The molecule has 1 saturated heterocycles. The van der Waals surface area contributed by atoms with E-state index >= 15 is 0 Å². The Bertz CT molecular complexity index is 1170. The largest absolute Gasteiger partial charge is 0.368 e. The van der Waals surface area contributed by atoms with Gasteiger partial charge in [-0.3, -0.25) is 19.7 Å². The molecule has 0 radical (unpaired) electrons. The summed E-state index contributed by atoms with van der Waals surface area (Å²) in [4.78, 5) is 46.3. The van der Waals surface area contributed by atoms with Gasteiger partial charge in [0.05, 0.1) is 0 Å². The molecule has 2 aliphatic heterocycles. The number of benzene rings is 1. The van der Waals surface area contributed by atoms with Crippen LogP contribution in [-0.4, -0.2) is 52.3 Å². The number of pyridine rings is 1. The van der Waals surface area contributed by atoms with Gasteiger partial charge in [0.2, 0.25) is 11.8 Å². The van der Waals surface area contributed by atoms with Crippen molar-refractivity contribution < 1.29 is 14.4 Å². The van der Waals surface area contributed by atoms with Gasteiger partial charge in [0.1, 0.15) is 11.9 Å². The SMILES string of the molecule is O=C1CCC(N2Cc3c(cccc3N(CCC3CC3)C3CCC(Nc4ccccn4)CC3)C2=O)C(=O)N1. The molecule has 6 rings (SSSR count). The highest BCUT2D eigenvalue weighted by atomic mass is 16.2. The lowest BCUT2D eigenvalue weighted by Crippen LogP contribution is -2.52. The molecule has 2 aliphatic carbocycles. The zero-order chi connectivity index (χ0) is 25.4. The molecule has 194 valence electrons. The van der Waals surface area contributed by atoms with Gasteiger partial charge in [0, 0.05) is 54.6 Å². The molecular formula is C29H35N5O3. The molecule has 1 aromatic heterocycles. The molecule has 2 N–H and O–H groups in total. The molecule has 37 heavy (non-hydrogen) atoms. The van der Waals surface area contributed by atoms with Crippen LogP contribution in [0.5, 0.6) is 0 Å². The highest BCUT2D eigenvalue weighted by Gasteiger charge is 2.41. The summed E-state index contributed by atoms with van der Waals surface area (Å²) in [7, 11) is 0. The Morgan fingerprint density at radius 1 is 0.973 bits per heavy atom. The van der Waals surface area contributed by atoms with Crippen LogP contribution in [0.1, 0.15) is 73.7 Å². The third-order valence-electron chi connectivity index (χ3n) is 8.50. The van der Waals surface area contributed by atoms with Crippen LogP contribution in [0.4, 0.5) is 11.5 Å². The first kappa shape index (κ1) is 23.9. The number of imide groups is 1. The molecule has 1 aromatic carbocycles. The van der Waals surface area contributed by atoms with Gasteiger partial charge in [-0.05, 0) is 68.7 Å². The first-order valence-electron chi connectivity index (χ1n) is 13.8. The van der Waals surface area contributed by atoms with Gasteiger partial charge < -0.3 is 15.1 Å². The van der Waals surface area contributed by atoms with Crippen LogP contribution in [-0.2, 0) is 16.1 Å². The summed E-state index contributed by atoms with van der Waals surface area (Å²) in [6.45, 7) is 1.42. The summed E-state index contributed by atoms with van der Waals surface area (Å²) in [5.74, 6) is 1.04. The van der Waals surface area contributed by atoms with E-state index < -0.39 is 6.04 Å². The van der Waals surface area contributed by atoms with Gasteiger partial charge in [0.25, 0.3) is 5.91 Å². The van der Waals surface area contributed by atoms with Crippen molar-refractivity contribution in [2.45, 2.75) is 82.5 Å². The quantitative estimate of drug-likeness (QED) is 0.534. The van der Waals surface area contributed by atoms with Crippen molar-refractivity contribution in [1.29, 1.82) is 0 Å². The van der Waals surface area contributed by atoms with E-state index in [1.807, 2.05) is 36.5 Å². The average Bonchev–Trinajstić information content (AvgIpc) is 3.68. The molecule has 0 bridgehead atoms. The van der Waals surface area contributed by atoms with Gasteiger partial charge in [-0.2, -0.15) is 0 Å². The predicted octanol–water partition coefficient (Wildman–Crippen LogP) is 3.87. The van der Waals surface area contributed by atoms with E-state index in [1.54, 1.807) is 4.90 Å². The van der Waals surface area contributed by atoms with Crippen molar-refractivity contribution in [1.82, 2.24) is 15.2 Å². The number of nitrogens with one attached hydrogen (secondary N) is 2. The average molecular weight is 502 g/mol. The standard InChI is InChI=1S/C29H35N5O3/c35-27-14-13-25(28(36)32-27)34-18-23-22(29(34)37)4-3-5-24(23)33(17-15-19-7-8-19)21-11-9-20(10-12-21)31-26-6-1-2-16-30-26/h1-6,16,19-21,25H,7-15,17-18H2,(H,30,31)(H,32,35,36). The van der Waals surface area contributed by atoms with Crippen LogP contribution < -0.4 is 15.5 Å². The molecule has 8 nitrogen and oxygen atoms in total. The van der Waals surface area contributed by atoms with E-state index in [0.717, 1.165) is 55.2 Å². The Hall–Kier alpha value is -3.42. The molecule has 1 unspecified atom stereocenters. The Labute approximate surface area is 217 Å². The number of hydrogen-bond acceptors (Lipinski definition) is 6. The highest BCUT2D eigenvalue weighted by Crippen LogP contribution is 2.39. The summed E-state index contributed by atoms with van der Waals surface area (Å²) in [5, 5.41) is 6.01. The molecule has 2 aromatic rings. The maximum atomic E-state index is 13.4. The monoisotopic (exact) mass is 501 g/mol. The summed E-state index contributed by atoms with van der Waals surface area (Å²) >= 11 is 0. The van der Waals surface area contributed by atoms with Crippen LogP contribution in [0.15, 0.2) is 42.6 Å². The minimum absolute atomic E-state index is 0.100. The van der Waals surface area contributed by atoms with Gasteiger partial charge in [-0.15, -0.1) is 0 Å². The van der Waals surface area contributed by atoms with Crippen LogP contribution in [0, 0.1) is 5.92 Å². The molecule has 8 heteroatoms.